The van der Waals surface area contributed by atoms with Gasteiger partial charge in [-0.3, -0.25) is 14.4 Å². The third-order valence-electron chi connectivity index (χ3n) is 5.01. The first kappa shape index (κ1) is 24.2. The van der Waals surface area contributed by atoms with Gasteiger partial charge in [0.25, 0.3) is 11.8 Å². The molecule has 0 radical (unpaired) electrons. The highest BCUT2D eigenvalue weighted by molar-refractivity contribution is 7.17. The number of benzene rings is 1. The van der Waals surface area contributed by atoms with Crippen LogP contribution in [0.4, 0.5) is 5.00 Å². The second kappa shape index (κ2) is 11.5. The SMILES string of the molecule is CCOC(=O)c1c(NC(=O)COC(=O)CNC(=O)c2ccc(OC)cc2)sc2c1CCCC2. The molecule has 2 amide bonds. The van der Waals surface area contributed by atoms with Gasteiger partial charge >= 0.3 is 11.9 Å². The summed E-state index contributed by atoms with van der Waals surface area (Å²) >= 11 is 1.35. The number of thiophene rings is 1. The van der Waals surface area contributed by atoms with Gasteiger partial charge in [-0.1, -0.05) is 0 Å². The molecule has 2 aromatic rings. The molecule has 1 aliphatic carbocycles. The Labute approximate surface area is 195 Å². The molecule has 1 aromatic heterocycles. The summed E-state index contributed by atoms with van der Waals surface area (Å²) in [4.78, 5) is 49.9. The number of hydrogen-bond acceptors (Lipinski definition) is 8. The molecule has 0 bridgehead atoms. The summed E-state index contributed by atoms with van der Waals surface area (Å²) in [6.45, 7) is 1.03. The highest BCUT2D eigenvalue weighted by Gasteiger charge is 2.27. The zero-order valence-electron chi connectivity index (χ0n) is 18.5. The van der Waals surface area contributed by atoms with Crippen LogP contribution in [0.2, 0.25) is 0 Å². The summed E-state index contributed by atoms with van der Waals surface area (Å²) in [5.74, 6) is -1.65. The van der Waals surface area contributed by atoms with Crippen LogP contribution in [0.25, 0.3) is 0 Å². The average Bonchev–Trinajstić information content (AvgIpc) is 3.19. The maximum atomic E-state index is 12.4. The molecular formula is C23H26N2O7S. The molecule has 0 unspecified atom stereocenters. The fourth-order valence-corrected chi connectivity index (χ4v) is 4.72. The number of hydrogen-bond donors (Lipinski definition) is 2. The number of carbonyl (C=O) groups excluding carboxylic acids is 4. The van der Waals surface area contributed by atoms with Crippen LogP contribution in [0.15, 0.2) is 24.3 Å². The van der Waals surface area contributed by atoms with E-state index in [4.69, 9.17) is 14.2 Å². The van der Waals surface area contributed by atoms with Crippen LogP contribution < -0.4 is 15.4 Å². The quantitative estimate of drug-likeness (QED) is 0.536. The zero-order chi connectivity index (χ0) is 23.8. The Morgan fingerprint density at radius 3 is 2.45 bits per heavy atom. The monoisotopic (exact) mass is 474 g/mol. The van der Waals surface area contributed by atoms with Crippen molar-refractivity contribution < 1.29 is 33.4 Å². The molecular weight excluding hydrogens is 448 g/mol. The van der Waals surface area contributed by atoms with Crippen LogP contribution in [0.5, 0.6) is 5.75 Å². The third-order valence-corrected chi connectivity index (χ3v) is 6.22. The predicted molar refractivity (Wildman–Crippen MR) is 122 cm³/mol. The van der Waals surface area contributed by atoms with Gasteiger partial charge in [0.15, 0.2) is 6.61 Å². The molecule has 1 aliphatic rings. The molecule has 2 N–H and O–H groups in total. The Morgan fingerprint density at radius 2 is 1.76 bits per heavy atom. The van der Waals surface area contributed by atoms with Crippen molar-refractivity contribution >= 4 is 40.1 Å². The van der Waals surface area contributed by atoms with Gasteiger partial charge in [0.1, 0.15) is 17.3 Å². The summed E-state index contributed by atoms with van der Waals surface area (Å²) in [7, 11) is 1.52. The van der Waals surface area contributed by atoms with Crippen LogP contribution >= 0.6 is 11.3 Å². The summed E-state index contributed by atoms with van der Waals surface area (Å²) in [5.41, 5.74) is 1.68. The summed E-state index contributed by atoms with van der Waals surface area (Å²) in [6.07, 6.45) is 3.62. The Bertz CT molecular complexity index is 1030. The van der Waals surface area contributed by atoms with Gasteiger partial charge in [-0.2, -0.15) is 0 Å². The number of nitrogens with one attached hydrogen (secondary N) is 2. The van der Waals surface area contributed by atoms with Crippen LogP contribution in [-0.2, 0) is 31.9 Å². The minimum absolute atomic E-state index is 0.233. The number of ether oxygens (including phenoxy) is 3. The lowest BCUT2D eigenvalue weighted by Crippen LogP contribution is -2.32. The predicted octanol–water partition coefficient (Wildman–Crippen LogP) is 2.72. The lowest BCUT2D eigenvalue weighted by atomic mass is 9.95. The summed E-state index contributed by atoms with van der Waals surface area (Å²) in [6, 6.07) is 6.39. The van der Waals surface area contributed by atoms with E-state index in [9.17, 15) is 19.2 Å². The van der Waals surface area contributed by atoms with Crippen molar-refractivity contribution in [2.75, 3.05) is 32.2 Å². The Morgan fingerprint density at radius 1 is 1.03 bits per heavy atom. The summed E-state index contributed by atoms with van der Waals surface area (Å²) < 4.78 is 15.1. The lowest BCUT2D eigenvalue weighted by Gasteiger charge is -2.12. The van der Waals surface area contributed by atoms with E-state index >= 15 is 0 Å². The largest absolute Gasteiger partial charge is 0.497 e. The Balaban J connectivity index is 1.51. The molecule has 0 saturated carbocycles. The van der Waals surface area contributed by atoms with E-state index in [0.717, 1.165) is 36.1 Å². The Kier molecular flexibility index (Phi) is 8.42. The van der Waals surface area contributed by atoms with Gasteiger partial charge in [-0.25, -0.2) is 4.79 Å². The second-order valence-corrected chi connectivity index (χ2v) is 8.36. The van der Waals surface area contributed by atoms with E-state index in [1.165, 1.54) is 18.4 Å². The molecule has 0 fully saturated rings. The second-order valence-electron chi connectivity index (χ2n) is 7.26. The Hall–Kier alpha value is -3.40. The zero-order valence-corrected chi connectivity index (χ0v) is 19.3. The molecule has 0 spiro atoms. The fraction of sp³-hybridized carbons (Fsp3) is 0.391. The summed E-state index contributed by atoms with van der Waals surface area (Å²) in [5, 5.41) is 5.51. The molecule has 0 atom stereocenters. The molecule has 176 valence electrons. The highest BCUT2D eigenvalue weighted by atomic mass is 32.1. The van der Waals surface area contributed by atoms with Gasteiger partial charge in [0.2, 0.25) is 0 Å². The maximum Gasteiger partial charge on any atom is 0.341 e. The van der Waals surface area contributed by atoms with Gasteiger partial charge < -0.3 is 24.8 Å². The van der Waals surface area contributed by atoms with Gasteiger partial charge in [0.05, 0.1) is 19.3 Å². The smallest absolute Gasteiger partial charge is 0.341 e. The number of anilines is 1. The number of methoxy groups -OCH3 is 1. The number of rotatable bonds is 9. The fourth-order valence-electron chi connectivity index (χ4n) is 3.43. The van der Waals surface area contributed by atoms with Crippen molar-refractivity contribution in [3.8, 4) is 5.75 Å². The van der Waals surface area contributed by atoms with Crippen LogP contribution in [0, 0.1) is 0 Å². The van der Waals surface area contributed by atoms with Crippen LogP contribution in [0.3, 0.4) is 0 Å². The number of amides is 2. The van der Waals surface area contributed by atoms with Crippen molar-refractivity contribution in [3.63, 3.8) is 0 Å². The minimum atomic E-state index is -0.761. The molecule has 3 rings (SSSR count). The van der Waals surface area contributed by atoms with Crippen LogP contribution in [-0.4, -0.2) is 50.6 Å². The number of carbonyl (C=O) groups is 4. The van der Waals surface area contributed by atoms with E-state index < -0.39 is 30.4 Å². The first-order valence-electron chi connectivity index (χ1n) is 10.6. The van der Waals surface area contributed by atoms with E-state index in [1.54, 1.807) is 31.2 Å². The van der Waals surface area contributed by atoms with Crippen molar-refractivity contribution in [1.29, 1.82) is 0 Å². The lowest BCUT2D eigenvalue weighted by molar-refractivity contribution is -0.146. The minimum Gasteiger partial charge on any atom is -0.497 e. The molecule has 33 heavy (non-hydrogen) atoms. The molecule has 1 heterocycles. The van der Waals surface area contributed by atoms with E-state index in [1.807, 2.05) is 0 Å². The third kappa shape index (κ3) is 6.32. The number of fused-ring (bicyclic) bond motifs is 1. The standard InChI is InChI=1S/C23H26N2O7S/c1-3-31-23(29)20-16-6-4-5-7-17(16)33-22(20)25-18(26)13-32-19(27)12-24-21(28)14-8-10-15(30-2)11-9-14/h8-11H,3-7,12-13H2,1-2H3,(H,24,28)(H,25,26). The van der Waals surface area contributed by atoms with E-state index in [2.05, 4.69) is 10.6 Å². The first-order chi connectivity index (χ1) is 15.9. The van der Waals surface area contributed by atoms with E-state index in [0.29, 0.717) is 21.9 Å². The van der Waals surface area contributed by atoms with Gasteiger partial charge in [-0.05, 0) is 62.4 Å². The van der Waals surface area contributed by atoms with E-state index in [-0.39, 0.29) is 13.2 Å². The van der Waals surface area contributed by atoms with Crippen molar-refractivity contribution in [3.05, 3.63) is 45.8 Å². The van der Waals surface area contributed by atoms with Gasteiger partial charge in [0, 0.05) is 10.4 Å². The molecule has 1 aromatic carbocycles. The molecule has 10 heteroatoms. The first-order valence-corrected chi connectivity index (χ1v) is 11.4. The molecule has 9 nitrogen and oxygen atoms in total. The normalized spacial score (nSPS) is 12.3. The van der Waals surface area contributed by atoms with Crippen molar-refractivity contribution in [2.24, 2.45) is 0 Å². The molecule has 0 aliphatic heterocycles. The number of esters is 2. The topological polar surface area (TPSA) is 120 Å². The van der Waals surface area contributed by atoms with Crippen molar-refractivity contribution in [1.82, 2.24) is 5.32 Å². The maximum absolute atomic E-state index is 12.4. The highest BCUT2D eigenvalue weighted by Crippen LogP contribution is 2.38. The number of aryl methyl sites for hydroxylation is 1. The molecule has 0 saturated heterocycles. The average molecular weight is 475 g/mol. The van der Waals surface area contributed by atoms with Crippen LogP contribution in [0.1, 0.15) is 50.9 Å². The van der Waals surface area contributed by atoms with Crippen molar-refractivity contribution in [2.45, 2.75) is 32.6 Å². The van der Waals surface area contributed by atoms with Gasteiger partial charge in [-0.15, -0.1) is 11.3 Å².